The fourth-order valence-corrected chi connectivity index (χ4v) is 5.12. The zero-order valence-electron chi connectivity index (χ0n) is 19.2. The van der Waals surface area contributed by atoms with Crippen LogP contribution in [0.2, 0.25) is 0 Å². The molecule has 6 nitrogen and oxygen atoms in total. The maximum absolute atomic E-state index is 13.6. The standard InChI is InChI=1S/C27H31N5O/c1-20-15-30-26(16-29-20)27(33)31-18-22-9-5-6-10-25(22)28-14-13-23-11-12-24(19-31)32(23)17-21-7-3-2-4-8-21/h2-10,15-16,23-24,28H,11-14,17-19H2,1H3/t23-,24+/m0/s1. The molecule has 1 amide bonds. The van der Waals surface area contributed by atoms with Gasteiger partial charge in [0.25, 0.3) is 5.91 Å². The van der Waals surface area contributed by atoms with E-state index in [1.807, 2.05) is 17.9 Å². The number of benzene rings is 2. The summed E-state index contributed by atoms with van der Waals surface area (Å²) in [5.74, 6) is -0.0559. The third kappa shape index (κ3) is 4.91. The van der Waals surface area contributed by atoms with Gasteiger partial charge in [-0.15, -0.1) is 0 Å². The van der Waals surface area contributed by atoms with Crippen LogP contribution in [-0.4, -0.2) is 50.8 Å². The Hall–Kier alpha value is -3.25. The fourth-order valence-electron chi connectivity index (χ4n) is 5.12. The first kappa shape index (κ1) is 21.6. The lowest BCUT2D eigenvalue weighted by molar-refractivity contribution is 0.0657. The van der Waals surface area contributed by atoms with E-state index in [4.69, 9.17) is 0 Å². The Morgan fingerprint density at radius 3 is 2.58 bits per heavy atom. The Kier molecular flexibility index (Phi) is 6.35. The molecule has 0 aliphatic carbocycles. The van der Waals surface area contributed by atoms with Gasteiger partial charge in [-0.25, -0.2) is 4.98 Å². The van der Waals surface area contributed by atoms with Crippen molar-refractivity contribution >= 4 is 11.6 Å². The summed E-state index contributed by atoms with van der Waals surface area (Å²) in [6.45, 7) is 4.97. The minimum absolute atomic E-state index is 0.0559. The topological polar surface area (TPSA) is 61.4 Å². The summed E-state index contributed by atoms with van der Waals surface area (Å²) in [6.07, 6.45) is 6.62. The molecule has 2 aliphatic rings. The number of fused-ring (bicyclic) bond motifs is 3. The largest absolute Gasteiger partial charge is 0.385 e. The van der Waals surface area contributed by atoms with Crippen LogP contribution >= 0.6 is 0 Å². The quantitative estimate of drug-likeness (QED) is 0.658. The predicted octanol–water partition coefficient (Wildman–Crippen LogP) is 4.28. The van der Waals surface area contributed by atoms with Crippen LogP contribution < -0.4 is 5.32 Å². The molecule has 2 aliphatic heterocycles. The number of hydrogen-bond acceptors (Lipinski definition) is 5. The molecule has 2 atom stereocenters. The van der Waals surface area contributed by atoms with E-state index in [0.717, 1.165) is 49.3 Å². The number of carbonyl (C=O) groups excluding carboxylic acids is 1. The molecule has 33 heavy (non-hydrogen) atoms. The fraction of sp³-hybridized carbons (Fsp3) is 0.370. The number of nitrogens with zero attached hydrogens (tertiary/aromatic N) is 4. The van der Waals surface area contributed by atoms with E-state index in [9.17, 15) is 4.79 Å². The van der Waals surface area contributed by atoms with Crippen molar-refractivity contribution in [3.8, 4) is 0 Å². The van der Waals surface area contributed by atoms with E-state index < -0.39 is 0 Å². The minimum Gasteiger partial charge on any atom is -0.385 e. The number of aryl methyl sites for hydroxylation is 1. The van der Waals surface area contributed by atoms with Gasteiger partial charge in [0.15, 0.2) is 0 Å². The highest BCUT2D eigenvalue weighted by Gasteiger charge is 2.36. The first-order valence-electron chi connectivity index (χ1n) is 11.9. The second kappa shape index (κ2) is 9.71. The van der Waals surface area contributed by atoms with Crippen molar-refractivity contribution < 1.29 is 4.79 Å². The average Bonchev–Trinajstić information content (AvgIpc) is 3.19. The monoisotopic (exact) mass is 441 g/mol. The smallest absolute Gasteiger partial charge is 0.274 e. The van der Waals surface area contributed by atoms with Crippen molar-refractivity contribution in [2.75, 3.05) is 18.4 Å². The molecule has 3 heterocycles. The summed E-state index contributed by atoms with van der Waals surface area (Å²) in [5, 5.41) is 3.64. The maximum Gasteiger partial charge on any atom is 0.274 e. The molecule has 0 spiro atoms. The van der Waals surface area contributed by atoms with Gasteiger partial charge in [-0.05, 0) is 43.4 Å². The average molecular weight is 442 g/mol. The van der Waals surface area contributed by atoms with Gasteiger partial charge >= 0.3 is 0 Å². The van der Waals surface area contributed by atoms with Gasteiger partial charge in [0.05, 0.1) is 11.9 Å². The van der Waals surface area contributed by atoms with Gasteiger partial charge in [-0.1, -0.05) is 48.5 Å². The number of carbonyl (C=O) groups is 1. The molecule has 5 rings (SSSR count). The van der Waals surface area contributed by atoms with Crippen molar-refractivity contribution in [3.63, 3.8) is 0 Å². The highest BCUT2D eigenvalue weighted by Crippen LogP contribution is 2.31. The number of nitrogens with one attached hydrogen (secondary N) is 1. The van der Waals surface area contributed by atoms with Crippen molar-refractivity contribution in [1.82, 2.24) is 19.8 Å². The van der Waals surface area contributed by atoms with Crippen molar-refractivity contribution in [2.45, 2.75) is 51.4 Å². The number of hydrogen-bond donors (Lipinski definition) is 1. The molecule has 2 bridgehead atoms. The summed E-state index contributed by atoms with van der Waals surface area (Å²) in [6, 6.07) is 19.8. The van der Waals surface area contributed by atoms with Gasteiger partial charge in [0.2, 0.25) is 0 Å². The van der Waals surface area contributed by atoms with E-state index in [1.165, 1.54) is 5.56 Å². The zero-order valence-corrected chi connectivity index (χ0v) is 19.2. The molecule has 1 fully saturated rings. The summed E-state index contributed by atoms with van der Waals surface area (Å²) in [5.41, 5.74) is 4.79. The first-order valence-corrected chi connectivity index (χ1v) is 11.9. The van der Waals surface area contributed by atoms with Crippen molar-refractivity contribution in [3.05, 3.63) is 89.5 Å². The number of para-hydroxylation sites is 1. The molecule has 2 aromatic carbocycles. The molecule has 170 valence electrons. The molecular formula is C27H31N5O. The Bertz CT molecular complexity index is 1090. The van der Waals surface area contributed by atoms with E-state index >= 15 is 0 Å². The highest BCUT2D eigenvalue weighted by molar-refractivity contribution is 5.92. The molecule has 0 radical (unpaired) electrons. The van der Waals surface area contributed by atoms with Gasteiger partial charge in [0, 0.05) is 50.1 Å². The lowest BCUT2D eigenvalue weighted by atomic mass is 10.1. The summed E-state index contributed by atoms with van der Waals surface area (Å²) < 4.78 is 0. The van der Waals surface area contributed by atoms with Gasteiger partial charge in [-0.3, -0.25) is 14.7 Å². The van der Waals surface area contributed by atoms with Gasteiger partial charge in [-0.2, -0.15) is 0 Å². The molecule has 1 saturated heterocycles. The zero-order chi connectivity index (χ0) is 22.6. The van der Waals surface area contributed by atoms with Crippen LogP contribution in [0, 0.1) is 6.92 Å². The second-order valence-corrected chi connectivity index (χ2v) is 9.14. The van der Waals surface area contributed by atoms with Crippen molar-refractivity contribution in [2.24, 2.45) is 0 Å². The predicted molar refractivity (Wildman–Crippen MR) is 130 cm³/mol. The summed E-state index contributed by atoms with van der Waals surface area (Å²) >= 11 is 0. The number of amides is 1. The Balaban J connectivity index is 1.47. The lowest BCUT2D eigenvalue weighted by Gasteiger charge is -2.33. The molecule has 0 saturated carbocycles. The Labute approximate surface area is 195 Å². The number of rotatable bonds is 3. The van der Waals surface area contributed by atoms with Crippen molar-refractivity contribution in [1.29, 1.82) is 0 Å². The normalized spacial score (nSPS) is 21.1. The Morgan fingerprint density at radius 2 is 1.76 bits per heavy atom. The highest BCUT2D eigenvalue weighted by atomic mass is 16.2. The lowest BCUT2D eigenvalue weighted by Crippen LogP contribution is -2.45. The van der Waals surface area contributed by atoms with Crippen LogP contribution in [0.15, 0.2) is 67.0 Å². The van der Waals surface area contributed by atoms with Crippen LogP contribution in [0.1, 0.15) is 46.6 Å². The Morgan fingerprint density at radius 1 is 0.970 bits per heavy atom. The minimum atomic E-state index is -0.0559. The third-order valence-electron chi connectivity index (χ3n) is 6.87. The summed E-state index contributed by atoms with van der Waals surface area (Å²) in [7, 11) is 0. The molecular weight excluding hydrogens is 410 g/mol. The van der Waals surface area contributed by atoms with Gasteiger partial charge < -0.3 is 10.2 Å². The number of aromatic nitrogens is 2. The summed E-state index contributed by atoms with van der Waals surface area (Å²) in [4.78, 5) is 26.9. The molecule has 3 aromatic rings. The molecule has 6 heteroatoms. The van der Waals surface area contributed by atoms with Crippen LogP contribution in [-0.2, 0) is 13.1 Å². The van der Waals surface area contributed by atoms with Crippen LogP contribution in [0.5, 0.6) is 0 Å². The first-order chi connectivity index (χ1) is 16.2. The molecule has 1 N–H and O–H groups in total. The van der Waals surface area contributed by atoms with E-state index in [0.29, 0.717) is 30.9 Å². The second-order valence-electron chi connectivity index (χ2n) is 9.14. The van der Waals surface area contributed by atoms with E-state index in [2.05, 4.69) is 68.7 Å². The van der Waals surface area contributed by atoms with Crippen LogP contribution in [0.3, 0.4) is 0 Å². The van der Waals surface area contributed by atoms with Crippen LogP contribution in [0.25, 0.3) is 0 Å². The third-order valence-corrected chi connectivity index (χ3v) is 6.87. The van der Waals surface area contributed by atoms with E-state index in [-0.39, 0.29) is 5.91 Å². The molecule has 0 unspecified atom stereocenters. The van der Waals surface area contributed by atoms with Gasteiger partial charge in [0.1, 0.15) is 5.69 Å². The van der Waals surface area contributed by atoms with E-state index in [1.54, 1.807) is 12.4 Å². The SMILES string of the molecule is Cc1cnc(C(=O)N2Cc3ccccc3NCC[C@@H]3CC[C@H](C2)N3Cc2ccccc2)cn1. The van der Waals surface area contributed by atoms with Crippen LogP contribution in [0.4, 0.5) is 5.69 Å². The number of anilines is 1. The maximum atomic E-state index is 13.6. The molecule has 1 aromatic heterocycles.